The number of halogens is 1. The topological polar surface area (TPSA) is 62.8 Å². The molecule has 0 aliphatic carbocycles. The molecule has 0 atom stereocenters. The van der Waals surface area contributed by atoms with Crippen LogP contribution >= 0.6 is 11.6 Å². The maximum atomic E-state index is 12.1. The van der Waals surface area contributed by atoms with E-state index in [4.69, 9.17) is 21.1 Å². The Kier molecular flexibility index (Phi) is 6.18. The van der Waals surface area contributed by atoms with Crippen LogP contribution in [-0.2, 0) is 11.2 Å². The molecule has 24 heavy (non-hydrogen) atoms. The molecule has 2 aliphatic heterocycles. The Balaban J connectivity index is 1.42. The molecule has 0 saturated carbocycles. The first-order valence-electron chi connectivity index (χ1n) is 8.50. The lowest BCUT2D eigenvalue weighted by atomic mass is 10.1. The Morgan fingerprint density at radius 2 is 2.04 bits per heavy atom. The highest BCUT2D eigenvalue weighted by molar-refractivity contribution is 6.32. The fourth-order valence-corrected chi connectivity index (χ4v) is 3.27. The van der Waals surface area contributed by atoms with Crippen molar-refractivity contribution >= 4 is 17.5 Å². The molecule has 2 N–H and O–H groups in total. The molecule has 2 aliphatic rings. The van der Waals surface area contributed by atoms with Gasteiger partial charge in [0.15, 0.2) is 11.5 Å². The van der Waals surface area contributed by atoms with E-state index in [2.05, 4.69) is 15.5 Å². The van der Waals surface area contributed by atoms with E-state index in [1.54, 1.807) is 6.07 Å². The van der Waals surface area contributed by atoms with Gasteiger partial charge in [-0.05, 0) is 30.7 Å². The number of piperazine rings is 1. The van der Waals surface area contributed by atoms with Gasteiger partial charge in [-0.25, -0.2) is 0 Å². The number of hydrogen-bond donors (Lipinski definition) is 2. The van der Waals surface area contributed by atoms with E-state index >= 15 is 0 Å². The van der Waals surface area contributed by atoms with Crippen LogP contribution in [0.15, 0.2) is 12.1 Å². The lowest BCUT2D eigenvalue weighted by Gasteiger charge is -2.27. The summed E-state index contributed by atoms with van der Waals surface area (Å²) in [6.45, 7) is 7.01. The third kappa shape index (κ3) is 4.75. The molecule has 0 aromatic heterocycles. The Hall–Kier alpha value is -1.50. The summed E-state index contributed by atoms with van der Waals surface area (Å²) < 4.78 is 11.0. The van der Waals surface area contributed by atoms with Gasteiger partial charge >= 0.3 is 0 Å². The van der Waals surface area contributed by atoms with Crippen molar-refractivity contribution < 1.29 is 14.3 Å². The first kappa shape index (κ1) is 17.3. The first-order valence-corrected chi connectivity index (χ1v) is 8.88. The van der Waals surface area contributed by atoms with Gasteiger partial charge in [0.1, 0.15) is 13.2 Å². The lowest BCUT2D eigenvalue weighted by molar-refractivity contribution is -0.120. The second-order valence-corrected chi connectivity index (χ2v) is 6.48. The second kappa shape index (κ2) is 8.55. The minimum atomic E-state index is 0.00283. The van der Waals surface area contributed by atoms with Crippen molar-refractivity contribution in [2.75, 3.05) is 52.5 Å². The number of carbonyl (C=O) groups excluding carboxylic acids is 1. The number of benzene rings is 1. The normalized spacial score (nSPS) is 17.5. The maximum Gasteiger partial charge on any atom is 0.224 e. The average Bonchev–Trinajstić information content (AvgIpc) is 2.60. The van der Waals surface area contributed by atoms with Gasteiger partial charge in [-0.2, -0.15) is 0 Å². The van der Waals surface area contributed by atoms with Gasteiger partial charge in [-0.1, -0.05) is 11.6 Å². The smallest absolute Gasteiger partial charge is 0.224 e. The van der Waals surface area contributed by atoms with Gasteiger partial charge in [0.05, 0.1) is 11.4 Å². The standard InChI is InChI=1S/C17H24ClN3O3/c18-14-10-13(11-15-17(14)24-9-8-23-15)12-16(22)20-2-1-5-21-6-3-19-4-7-21/h10-11,19H,1-9,12H2,(H,20,22). The fourth-order valence-electron chi connectivity index (χ4n) is 2.98. The number of carbonyl (C=O) groups is 1. The Bertz CT molecular complexity index is 576. The van der Waals surface area contributed by atoms with Crippen LogP contribution in [0.3, 0.4) is 0 Å². The minimum absolute atomic E-state index is 0.00283. The summed E-state index contributed by atoms with van der Waals surface area (Å²) in [5, 5.41) is 6.80. The zero-order valence-electron chi connectivity index (χ0n) is 13.8. The quantitative estimate of drug-likeness (QED) is 0.749. The predicted molar refractivity (Wildman–Crippen MR) is 93.1 cm³/mol. The molecule has 2 heterocycles. The molecule has 0 radical (unpaired) electrons. The third-order valence-corrected chi connectivity index (χ3v) is 4.48. The third-order valence-electron chi connectivity index (χ3n) is 4.20. The maximum absolute atomic E-state index is 12.1. The van der Waals surface area contributed by atoms with Crippen LogP contribution in [0.5, 0.6) is 11.5 Å². The average molecular weight is 354 g/mol. The molecule has 1 saturated heterocycles. The van der Waals surface area contributed by atoms with Crippen LogP contribution in [0.1, 0.15) is 12.0 Å². The van der Waals surface area contributed by atoms with Crippen molar-refractivity contribution in [3.05, 3.63) is 22.7 Å². The minimum Gasteiger partial charge on any atom is -0.486 e. The molecule has 132 valence electrons. The summed E-state index contributed by atoms with van der Waals surface area (Å²) in [6.07, 6.45) is 1.26. The Morgan fingerprint density at radius 1 is 1.25 bits per heavy atom. The van der Waals surface area contributed by atoms with Crippen LogP contribution in [0.4, 0.5) is 0 Å². The molecule has 1 amide bonds. The van der Waals surface area contributed by atoms with E-state index in [0.29, 0.717) is 42.7 Å². The number of rotatable bonds is 6. The molecule has 0 unspecified atom stereocenters. The largest absolute Gasteiger partial charge is 0.486 e. The van der Waals surface area contributed by atoms with E-state index in [1.165, 1.54) is 0 Å². The van der Waals surface area contributed by atoms with Gasteiger partial charge in [0.25, 0.3) is 0 Å². The van der Waals surface area contributed by atoms with Crippen LogP contribution in [0.25, 0.3) is 0 Å². The molecular formula is C17H24ClN3O3. The summed E-state index contributed by atoms with van der Waals surface area (Å²) in [5.74, 6) is 1.20. The summed E-state index contributed by atoms with van der Waals surface area (Å²) in [4.78, 5) is 14.5. The number of nitrogens with zero attached hydrogens (tertiary/aromatic N) is 1. The number of hydrogen-bond acceptors (Lipinski definition) is 5. The van der Waals surface area contributed by atoms with Gasteiger partial charge in [-0.15, -0.1) is 0 Å². The highest BCUT2D eigenvalue weighted by atomic mass is 35.5. The molecule has 6 nitrogen and oxygen atoms in total. The molecule has 1 aromatic carbocycles. The SMILES string of the molecule is O=C(Cc1cc(Cl)c2c(c1)OCCO2)NCCCN1CCNCC1. The molecule has 1 aromatic rings. The van der Waals surface area contributed by atoms with Crippen LogP contribution < -0.4 is 20.1 Å². The molecule has 0 spiro atoms. The molecule has 1 fully saturated rings. The number of fused-ring (bicyclic) bond motifs is 1. The van der Waals surface area contributed by atoms with Crippen molar-refractivity contribution in [2.24, 2.45) is 0 Å². The van der Waals surface area contributed by atoms with Crippen LogP contribution in [0.2, 0.25) is 5.02 Å². The van der Waals surface area contributed by atoms with Gasteiger partial charge in [0.2, 0.25) is 5.91 Å². The van der Waals surface area contributed by atoms with Gasteiger partial charge in [-0.3, -0.25) is 4.79 Å². The molecule has 0 bridgehead atoms. The Labute approximate surface area is 147 Å². The van der Waals surface area contributed by atoms with Gasteiger partial charge < -0.3 is 25.0 Å². The lowest BCUT2D eigenvalue weighted by Crippen LogP contribution is -2.44. The second-order valence-electron chi connectivity index (χ2n) is 6.07. The first-order chi connectivity index (χ1) is 11.7. The fraction of sp³-hybridized carbons (Fsp3) is 0.588. The molecule has 7 heteroatoms. The monoisotopic (exact) mass is 353 g/mol. The van der Waals surface area contributed by atoms with Crippen LogP contribution in [0, 0.1) is 0 Å². The molecular weight excluding hydrogens is 330 g/mol. The highest BCUT2D eigenvalue weighted by Gasteiger charge is 2.17. The predicted octanol–water partition coefficient (Wildman–Crippen LogP) is 1.07. The van der Waals surface area contributed by atoms with Crippen molar-refractivity contribution in [1.82, 2.24) is 15.5 Å². The zero-order valence-corrected chi connectivity index (χ0v) is 14.5. The van der Waals surface area contributed by atoms with E-state index in [-0.39, 0.29) is 5.91 Å². The van der Waals surface area contributed by atoms with E-state index in [9.17, 15) is 4.79 Å². The van der Waals surface area contributed by atoms with Crippen molar-refractivity contribution in [1.29, 1.82) is 0 Å². The van der Waals surface area contributed by atoms with Crippen LogP contribution in [-0.4, -0.2) is 63.3 Å². The number of ether oxygens (including phenoxy) is 2. The summed E-state index contributed by atoms with van der Waals surface area (Å²) in [5.41, 5.74) is 0.837. The van der Waals surface area contributed by atoms with Crippen molar-refractivity contribution in [3.63, 3.8) is 0 Å². The number of nitrogens with one attached hydrogen (secondary N) is 2. The van der Waals surface area contributed by atoms with E-state index in [0.717, 1.165) is 44.7 Å². The molecule has 3 rings (SSSR count). The van der Waals surface area contributed by atoms with Crippen molar-refractivity contribution in [3.8, 4) is 11.5 Å². The summed E-state index contributed by atoms with van der Waals surface area (Å²) in [7, 11) is 0. The number of amides is 1. The van der Waals surface area contributed by atoms with Gasteiger partial charge in [0, 0.05) is 32.7 Å². The summed E-state index contributed by atoms with van der Waals surface area (Å²) >= 11 is 6.20. The highest BCUT2D eigenvalue weighted by Crippen LogP contribution is 2.38. The Morgan fingerprint density at radius 3 is 2.88 bits per heavy atom. The summed E-state index contributed by atoms with van der Waals surface area (Å²) in [6, 6.07) is 3.61. The van der Waals surface area contributed by atoms with Crippen molar-refractivity contribution in [2.45, 2.75) is 12.8 Å². The van der Waals surface area contributed by atoms with E-state index < -0.39 is 0 Å². The van der Waals surface area contributed by atoms with E-state index in [1.807, 2.05) is 6.07 Å². The zero-order chi connectivity index (χ0) is 16.8.